The largest absolute Gasteiger partial charge is 0.356 e. The van der Waals surface area contributed by atoms with E-state index in [1.54, 1.807) is 19.0 Å². The molecule has 0 aromatic heterocycles. The van der Waals surface area contributed by atoms with Crippen molar-refractivity contribution in [1.82, 2.24) is 20.4 Å². The minimum atomic E-state index is -0.813. The number of carbonyl (C=O) groups excluding carboxylic acids is 4. The minimum Gasteiger partial charge on any atom is -0.356 e. The number of likely N-dealkylation sites (tertiary alicyclic amines) is 1. The first-order valence-corrected chi connectivity index (χ1v) is 12.2. The molecule has 0 radical (unpaired) electrons. The molecule has 192 valence electrons. The van der Waals surface area contributed by atoms with E-state index in [0.29, 0.717) is 19.5 Å². The molecule has 0 aromatic carbocycles. The van der Waals surface area contributed by atoms with Gasteiger partial charge >= 0.3 is 6.03 Å². The topological polar surface area (TPSA) is 135 Å². The third kappa shape index (κ3) is 5.34. The lowest BCUT2D eigenvalue weighted by atomic mass is 9.80. The van der Waals surface area contributed by atoms with E-state index in [0.717, 1.165) is 0 Å². The fraction of sp³-hybridized carbons (Fsp3) is 0.760. The van der Waals surface area contributed by atoms with Crippen LogP contribution in [0.3, 0.4) is 0 Å². The smallest absolute Gasteiger partial charge is 0.342 e. The predicted molar refractivity (Wildman–Crippen MR) is 130 cm³/mol. The van der Waals surface area contributed by atoms with E-state index in [4.69, 9.17) is 0 Å². The summed E-state index contributed by atoms with van der Waals surface area (Å²) in [5.74, 6) is -1.54. The number of hydrogen-bond donors (Lipinski definition) is 2. The van der Waals surface area contributed by atoms with Crippen LogP contribution in [0, 0.1) is 45.8 Å². The molecule has 10 heteroatoms. The third-order valence-corrected chi connectivity index (χ3v) is 7.83. The molecule has 2 heterocycles. The van der Waals surface area contributed by atoms with Crippen molar-refractivity contribution >= 4 is 30.0 Å². The van der Waals surface area contributed by atoms with Crippen molar-refractivity contribution in [3.05, 3.63) is 0 Å². The van der Waals surface area contributed by atoms with E-state index in [9.17, 15) is 24.4 Å². The molecule has 6 atom stereocenters. The lowest BCUT2D eigenvalue weighted by Gasteiger charge is -2.36. The predicted octanol–water partition coefficient (Wildman–Crippen LogP) is 1.42. The molecule has 1 saturated carbocycles. The monoisotopic (exact) mass is 486 g/mol. The summed E-state index contributed by atoms with van der Waals surface area (Å²) >= 11 is 0. The lowest BCUT2D eigenvalue weighted by Crippen LogP contribution is -2.54. The lowest BCUT2D eigenvalue weighted by molar-refractivity contribution is -0.144. The zero-order valence-electron chi connectivity index (χ0n) is 21.8. The summed E-state index contributed by atoms with van der Waals surface area (Å²) in [6.45, 7) is 10.9. The Labute approximate surface area is 207 Å². The zero-order valence-corrected chi connectivity index (χ0v) is 21.8. The second kappa shape index (κ2) is 9.59. The van der Waals surface area contributed by atoms with Crippen molar-refractivity contribution in [3.63, 3.8) is 0 Å². The number of urea groups is 1. The average Bonchev–Trinajstić information content (AvgIpc) is 3.11. The Kier molecular flexibility index (Phi) is 7.30. The molecule has 0 spiro atoms. The Morgan fingerprint density at radius 1 is 1.34 bits per heavy atom. The Morgan fingerprint density at radius 3 is 2.51 bits per heavy atom. The Hall–Kier alpha value is -2.96. The summed E-state index contributed by atoms with van der Waals surface area (Å²) in [7, 11) is 3.18. The number of nitrogens with one attached hydrogen (secondary N) is 2. The van der Waals surface area contributed by atoms with Gasteiger partial charge in [-0.1, -0.05) is 34.6 Å². The van der Waals surface area contributed by atoms with Gasteiger partial charge in [-0.3, -0.25) is 14.4 Å². The van der Waals surface area contributed by atoms with Crippen LogP contribution in [0.15, 0.2) is 4.99 Å². The molecular weight excluding hydrogens is 448 g/mol. The molecule has 1 aliphatic carbocycles. The normalized spacial score (nSPS) is 28.6. The van der Waals surface area contributed by atoms with Gasteiger partial charge in [-0.15, -0.1) is 0 Å². The molecule has 2 saturated heterocycles. The number of hydrogen-bond acceptors (Lipinski definition) is 5. The van der Waals surface area contributed by atoms with Crippen molar-refractivity contribution in [2.45, 2.75) is 59.5 Å². The molecule has 35 heavy (non-hydrogen) atoms. The van der Waals surface area contributed by atoms with E-state index in [2.05, 4.69) is 35.5 Å². The van der Waals surface area contributed by atoms with Crippen LogP contribution in [0.4, 0.5) is 4.79 Å². The molecule has 2 N–H and O–H groups in total. The van der Waals surface area contributed by atoms with Crippen LogP contribution in [-0.2, 0) is 14.4 Å². The van der Waals surface area contributed by atoms with Crippen molar-refractivity contribution in [2.24, 2.45) is 39.5 Å². The van der Waals surface area contributed by atoms with E-state index in [1.807, 2.05) is 20.8 Å². The van der Waals surface area contributed by atoms with Crippen LogP contribution in [0.2, 0.25) is 0 Å². The number of aliphatic imine (C=N–C) groups is 1. The summed E-state index contributed by atoms with van der Waals surface area (Å²) in [5, 5.41) is 15.2. The first-order chi connectivity index (χ1) is 16.2. The van der Waals surface area contributed by atoms with Crippen LogP contribution in [0.5, 0.6) is 0 Å². The van der Waals surface area contributed by atoms with Gasteiger partial charge in [0.2, 0.25) is 17.7 Å². The third-order valence-electron chi connectivity index (χ3n) is 7.83. The van der Waals surface area contributed by atoms with Gasteiger partial charge in [-0.05, 0) is 35.5 Å². The second-order valence-electron chi connectivity index (χ2n) is 11.9. The molecule has 10 nitrogen and oxygen atoms in total. The molecule has 3 aliphatic rings. The number of carbonyl (C=O) groups is 4. The van der Waals surface area contributed by atoms with Gasteiger partial charge < -0.3 is 20.4 Å². The number of amides is 5. The summed E-state index contributed by atoms with van der Waals surface area (Å²) in [6.07, 6.45) is 2.28. The molecule has 2 unspecified atom stereocenters. The van der Waals surface area contributed by atoms with Gasteiger partial charge in [0.25, 0.3) is 0 Å². The van der Waals surface area contributed by atoms with Crippen LogP contribution in [-0.4, -0.2) is 79.0 Å². The van der Waals surface area contributed by atoms with Crippen molar-refractivity contribution in [2.75, 3.05) is 27.2 Å². The van der Waals surface area contributed by atoms with Crippen molar-refractivity contribution in [1.29, 1.82) is 5.26 Å². The standard InChI is InChI=1S/C25H38N6O4/c1-24(2,3)16(12-28-23(35)30(6)7)22(34)31-13-17-18(25(17,4)5)19(31)21(33)29-15(11-26)10-14-8-9-27-20(14)32/h12,14-19H,8-10,13H2,1-7H3,(H,27,32)(H,29,33)/b28-12+/t14-,15-,16?,17-,18?,19-/m0/s1. The van der Waals surface area contributed by atoms with E-state index >= 15 is 0 Å². The van der Waals surface area contributed by atoms with Crippen LogP contribution < -0.4 is 10.6 Å². The highest BCUT2D eigenvalue weighted by Crippen LogP contribution is 2.65. The summed E-state index contributed by atoms with van der Waals surface area (Å²) in [5.41, 5.74) is -0.611. The zero-order chi connectivity index (χ0) is 26.3. The Morgan fingerprint density at radius 2 is 2.00 bits per heavy atom. The first-order valence-electron chi connectivity index (χ1n) is 12.2. The Bertz CT molecular complexity index is 960. The van der Waals surface area contributed by atoms with Gasteiger partial charge in [0, 0.05) is 39.3 Å². The highest BCUT2D eigenvalue weighted by atomic mass is 16.2. The molecular formula is C25H38N6O4. The number of piperidine rings is 1. The van der Waals surface area contributed by atoms with Crippen molar-refractivity contribution < 1.29 is 19.2 Å². The van der Waals surface area contributed by atoms with Crippen LogP contribution >= 0.6 is 0 Å². The molecule has 0 bridgehead atoms. The fourth-order valence-corrected chi connectivity index (χ4v) is 5.46. The van der Waals surface area contributed by atoms with Crippen molar-refractivity contribution in [3.8, 4) is 6.07 Å². The number of nitrogens with zero attached hydrogens (tertiary/aromatic N) is 4. The Balaban J connectivity index is 1.81. The second-order valence-corrected chi connectivity index (χ2v) is 11.9. The maximum absolute atomic E-state index is 13.8. The maximum atomic E-state index is 13.8. The number of rotatable bonds is 6. The fourth-order valence-electron chi connectivity index (χ4n) is 5.46. The van der Waals surface area contributed by atoms with Gasteiger partial charge in [0.15, 0.2) is 0 Å². The van der Waals surface area contributed by atoms with E-state index in [1.165, 1.54) is 11.1 Å². The summed E-state index contributed by atoms with van der Waals surface area (Å²) in [6, 6.07) is 0.127. The number of fused-ring (bicyclic) bond motifs is 1. The summed E-state index contributed by atoms with van der Waals surface area (Å²) < 4.78 is 0. The molecule has 2 aliphatic heterocycles. The average molecular weight is 487 g/mol. The molecule has 3 fully saturated rings. The maximum Gasteiger partial charge on any atom is 0.342 e. The van der Waals surface area contributed by atoms with E-state index < -0.39 is 29.4 Å². The highest BCUT2D eigenvalue weighted by molar-refractivity contribution is 6.00. The van der Waals surface area contributed by atoms with Gasteiger partial charge in [0.05, 0.1) is 12.0 Å². The molecule has 3 rings (SSSR count). The molecule has 0 aromatic rings. The van der Waals surface area contributed by atoms with Crippen LogP contribution in [0.1, 0.15) is 47.5 Å². The number of nitriles is 1. The molecule has 5 amide bonds. The van der Waals surface area contributed by atoms with Gasteiger partial charge in [-0.2, -0.15) is 5.26 Å². The van der Waals surface area contributed by atoms with E-state index in [-0.39, 0.29) is 47.3 Å². The van der Waals surface area contributed by atoms with Crippen LogP contribution in [0.25, 0.3) is 0 Å². The highest BCUT2D eigenvalue weighted by Gasteiger charge is 2.69. The minimum absolute atomic E-state index is 0.0125. The quantitative estimate of drug-likeness (QED) is 0.548. The first kappa shape index (κ1) is 26.6. The van der Waals surface area contributed by atoms with Gasteiger partial charge in [0.1, 0.15) is 12.1 Å². The summed E-state index contributed by atoms with van der Waals surface area (Å²) in [4.78, 5) is 58.1. The van der Waals surface area contributed by atoms with Gasteiger partial charge in [-0.25, -0.2) is 9.79 Å². The SMILES string of the molecule is CN(C)C(=O)/N=C/C(C(=O)N1C[C@H]2C([C@H]1C(=O)N[C@H](C#N)C[C@@H]1CCNC1=O)C2(C)C)C(C)(C)C.